The molecule has 3 rings (SSSR count). The number of rotatable bonds is 4. The summed E-state index contributed by atoms with van der Waals surface area (Å²) in [6, 6.07) is 12.3. The van der Waals surface area contributed by atoms with Crippen LogP contribution >= 0.6 is 0 Å². The average molecular weight is 388 g/mol. The minimum atomic E-state index is -4.46. The highest BCUT2D eigenvalue weighted by Gasteiger charge is 2.30. The molecule has 146 valence electrons. The van der Waals surface area contributed by atoms with Gasteiger partial charge in [0.15, 0.2) is 0 Å². The lowest BCUT2D eigenvalue weighted by Crippen LogP contribution is -2.36. The fraction of sp³-hybridized carbons (Fsp3) is 0.286. The molecule has 0 spiro atoms. The van der Waals surface area contributed by atoms with Crippen molar-refractivity contribution in [1.82, 2.24) is 0 Å². The highest BCUT2D eigenvalue weighted by Crippen LogP contribution is 2.33. The van der Waals surface area contributed by atoms with Crippen LogP contribution in [0.25, 0.3) is 11.6 Å². The van der Waals surface area contributed by atoms with Crippen LogP contribution in [-0.2, 0) is 10.9 Å². The lowest BCUT2D eigenvalue weighted by atomic mass is 10.0. The van der Waals surface area contributed by atoms with E-state index in [0.717, 1.165) is 30.9 Å². The molecular formula is C21H19F3N2O2. The maximum absolute atomic E-state index is 13.0. The first-order valence-electron chi connectivity index (χ1n) is 8.72. The molecule has 28 heavy (non-hydrogen) atoms. The Morgan fingerprint density at radius 1 is 1.18 bits per heavy atom. The Kier molecular flexibility index (Phi) is 5.90. The van der Waals surface area contributed by atoms with Crippen LogP contribution in [0.3, 0.4) is 0 Å². The molecule has 0 saturated carbocycles. The van der Waals surface area contributed by atoms with Crippen LogP contribution in [0.2, 0.25) is 0 Å². The van der Waals surface area contributed by atoms with Gasteiger partial charge in [-0.3, -0.25) is 0 Å². The number of halogens is 3. The monoisotopic (exact) mass is 388 g/mol. The average Bonchev–Trinajstić information content (AvgIpc) is 2.72. The maximum atomic E-state index is 13.0. The van der Waals surface area contributed by atoms with Crippen molar-refractivity contribution in [1.29, 1.82) is 5.26 Å². The predicted molar refractivity (Wildman–Crippen MR) is 101 cm³/mol. The van der Waals surface area contributed by atoms with E-state index in [1.165, 1.54) is 25.3 Å². The molecular weight excluding hydrogens is 369 g/mol. The van der Waals surface area contributed by atoms with Crippen LogP contribution in [-0.4, -0.2) is 33.4 Å². The Labute approximate surface area is 161 Å². The zero-order valence-corrected chi connectivity index (χ0v) is 15.3. The summed E-state index contributed by atoms with van der Waals surface area (Å²) in [4.78, 5) is 2.16. The molecule has 1 fully saturated rings. The Hall–Kier alpha value is -2.98. The van der Waals surface area contributed by atoms with Crippen LogP contribution in [0.15, 0.2) is 42.5 Å². The van der Waals surface area contributed by atoms with E-state index in [4.69, 9.17) is 9.47 Å². The number of benzene rings is 2. The first-order valence-corrected chi connectivity index (χ1v) is 8.72. The van der Waals surface area contributed by atoms with E-state index in [0.29, 0.717) is 24.5 Å². The first-order chi connectivity index (χ1) is 13.4. The fourth-order valence-corrected chi connectivity index (χ4v) is 3.04. The third kappa shape index (κ3) is 4.46. The van der Waals surface area contributed by atoms with Crippen molar-refractivity contribution in [3.63, 3.8) is 0 Å². The number of anilines is 1. The summed E-state index contributed by atoms with van der Waals surface area (Å²) in [7, 11) is 1.52. The highest BCUT2D eigenvalue weighted by atomic mass is 19.4. The minimum absolute atomic E-state index is 0.128. The lowest BCUT2D eigenvalue weighted by molar-refractivity contribution is -0.137. The molecule has 1 heterocycles. The molecule has 2 aromatic carbocycles. The lowest BCUT2D eigenvalue weighted by Gasteiger charge is -2.29. The Morgan fingerprint density at radius 3 is 2.57 bits per heavy atom. The maximum Gasteiger partial charge on any atom is 0.416 e. The SMILES string of the molecule is COc1cc(N2CCOCC2)ccc1/C=C(/C#N)c1cccc(C(F)(F)F)c1. The number of nitriles is 1. The van der Waals surface area contributed by atoms with E-state index in [1.54, 1.807) is 6.07 Å². The summed E-state index contributed by atoms with van der Waals surface area (Å²) >= 11 is 0. The van der Waals surface area contributed by atoms with Crippen molar-refractivity contribution in [3.8, 4) is 11.8 Å². The van der Waals surface area contributed by atoms with Gasteiger partial charge >= 0.3 is 6.18 Å². The molecule has 1 aliphatic rings. The topological polar surface area (TPSA) is 45.5 Å². The molecule has 1 aliphatic heterocycles. The zero-order valence-electron chi connectivity index (χ0n) is 15.3. The summed E-state index contributed by atoms with van der Waals surface area (Å²) in [5, 5.41) is 9.49. The summed E-state index contributed by atoms with van der Waals surface area (Å²) in [6.07, 6.45) is -2.93. The first kappa shape index (κ1) is 19.8. The number of hydrogen-bond donors (Lipinski definition) is 0. The zero-order chi connectivity index (χ0) is 20.1. The van der Waals surface area contributed by atoms with E-state index in [2.05, 4.69) is 4.90 Å². The van der Waals surface area contributed by atoms with Gasteiger partial charge in [-0.25, -0.2) is 0 Å². The molecule has 0 radical (unpaired) electrons. The van der Waals surface area contributed by atoms with Crippen molar-refractivity contribution >= 4 is 17.3 Å². The fourth-order valence-electron chi connectivity index (χ4n) is 3.04. The largest absolute Gasteiger partial charge is 0.496 e. The van der Waals surface area contributed by atoms with Gasteiger partial charge in [0.2, 0.25) is 0 Å². The molecule has 7 heteroatoms. The number of nitrogens with zero attached hydrogens (tertiary/aromatic N) is 2. The molecule has 1 saturated heterocycles. The van der Waals surface area contributed by atoms with E-state index < -0.39 is 11.7 Å². The number of alkyl halides is 3. The number of allylic oxidation sites excluding steroid dienone is 1. The van der Waals surface area contributed by atoms with Crippen molar-refractivity contribution in [3.05, 3.63) is 59.2 Å². The molecule has 0 bridgehead atoms. The van der Waals surface area contributed by atoms with Gasteiger partial charge in [0.1, 0.15) is 5.75 Å². The number of hydrogen-bond acceptors (Lipinski definition) is 4. The second-order valence-electron chi connectivity index (χ2n) is 6.27. The third-order valence-corrected chi connectivity index (χ3v) is 4.51. The van der Waals surface area contributed by atoms with Crippen LogP contribution in [0.4, 0.5) is 18.9 Å². The van der Waals surface area contributed by atoms with Gasteiger partial charge in [0, 0.05) is 30.4 Å². The molecule has 2 aromatic rings. The number of methoxy groups -OCH3 is 1. The molecule has 0 atom stereocenters. The predicted octanol–water partition coefficient (Wildman–Crippen LogP) is 4.61. The van der Waals surface area contributed by atoms with Gasteiger partial charge in [-0.1, -0.05) is 12.1 Å². The molecule has 0 unspecified atom stereocenters. The second kappa shape index (κ2) is 8.36. The van der Waals surface area contributed by atoms with Gasteiger partial charge < -0.3 is 14.4 Å². The third-order valence-electron chi connectivity index (χ3n) is 4.51. The van der Waals surface area contributed by atoms with Gasteiger partial charge in [-0.15, -0.1) is 0 Å². The number of morpholine rings is 1. The molecule has 0 N–H and O–H groups in total. The summed E-state index contributed by atoms with van der Waals surface area (Å²) in [6.45, 7) is 2.84. The van der Waals surface area contributed by atoms with Crippen molar-refractivity contribution in [2.24, 2.45) is 0 Å². The van der Waals surface area contributed by atoms with E-state index >= 15 is 0 Å². The van der Waals surface area contributed by atoms with Gasteiger partial charge in [0.25, 0.3) is 0 Å². The van der Waals surface area contributed by atoms with Gasteiger partial charge in [-0.2, -0.15) is 18.4 Å². The normalized spacial score (nSPS) is 15.2. The van der Waals surface area contributed by atoms with Gasteiger partial charge in [-0.05, 0) is 35.9 Å². The second-order valence-corrected chi connectivity index (χ2v) is 6.27. The summed E-state index contributed by atoms with van der Waals surface area (Å²) in [5.74, 6) is 0.545. The van der Waals surface area contributed by atoms with E-state index in [1.807, 2.05) is 18.2 Å². The van der Waals surface area contributed by atoms with Gasteiger partial charge in [0.05, 0.1) is 37.5 Å². The van der Waals surface area contributed by atoms with Crippen molar-refractivity contribution in [2.75, 3.05) is 38.3 Å². The molecule has 0 aromatic heterocycles. The van der Waals surface area contributed by atoms with Crippen LogP contribution < -0.4 is 9.64 Å². The van der Waals surface area contributed by atoms with E-state index in [9.17, 15) is 18.4 Å². The van der Waals surface area contributed by atoms with Crippen molar-refractivity contribution < 1.29 is 22.6 Å². The van der Waals surface area contributed by atoms with Crippen molar-refractivity contribution in [2.45, 2.75) is 6.18 Å². The summed E-state index contributed by atoms with van der Waals surface area (Å²) < 4.78 is 49.7. The van der Waals surface area contributed by atoms with Crippen LogP contribution in [0.1, 0.15) is 16.7 Å². The smallest absolute Gasteiger partial charge is 0.416 e. The Morgan fingerprint density at radius 2 is 1.93 bits per heavy atom. The van der Waals surface area contributed by atoms with E-state index in [-0.39, 0.29) is 11.1 Å². The Balaban J connectivity index is 1.95. The number of ether oxygens (including phenoxy) is 2. The Bertz CT molecular complexity index is 911. The highest BCUT2D eigenvalue weighted by molar-refractivity contribution is 5.91. The molecule has 0 amide bonds. The standard InChI is InChI=1S/C21H19F3N2O2/c1-27-20-13-19(26-7-9-28-10-8-26)6-5-16(20)11-17(14-25)15-3-2-4-18(12-15)21(22,23)24/h2-6,11-13H,7-10H2,1H3/b17-11-. The minimum Gasteiger partial charge on any atom is -0.496 e. The van der Waals surface area contributed by atoms with Crippen LogP contribution in [0.5, 0.6) is 5.75 Å². The van der Waals surface area contributed by atoms with Crippen LogP contribution in [0, 0.1) is 11.3 Å². The molecule has 0 aliphatic carbocycles. The summed E-state index contributed by atoms with van der Waals surface area (Å²) in [5.41, 5.74) is 1.13. The quantitative estimate of drug-likeness (QED) is 0.567. The molecule has 4 nitrogen and oxygen atoms in total.